The van der Waals surface area contributed by atoms with Crippen LogP contribution >= 0.6 is 0 Å². The van der Waals surface area contributed by atoms with E-state index in [0.29, 0.717) is 16.8 Å². The van der Waals surface area contributed by atoms with E-state index in [2.05, 4.69) is 99.1 Å². The van der Waals surface area contributed by atoms with Crippen molar-refractivity contribution in [3.63, 3.8) is 0 Å². The van der Waals surface area contributed by atoms with E-state index in [4.69, 9.17) is 2.74 Å². The van der Waals surface area contributed by atoms with Crippen molar-refractivity contribution in [2.24, 2.45) is 0 Å². The van der Waals surface area contributed by atoms with Gasteiger partial charge in [-0.1, -0.05) is 234 Å². The van der Waals surface area contributed by atoms with Crippen LogP contribution in [0.25, 0.3) is 49.9 Å². The van der Waals surface area contributed by atoms with Crippen LogP contribution in [0.3, 0.4) is 0 Å². The highest BCUT2D eigenvalue weighted by molar-refractivity contribution is 6.10. The third kappa shape index (κ3) is 8.20. The molecule has 0 aliphatic heterocycles. The molecule has 0 spiro atoms. The average molecular weight is 828 g/mol. The lowest BCUT2D eigenvalue weighted by atomic mass is 9.66. The molecule has 7 aromatic rings. The summed E-state index contributed by atoms with van der Waals surface area (Å²) in [7, 11) is 0. The van der Waals surface area contributed by atoms with Crippen LogP contribution in [0, 0.1) is 0 Å². The van der Waals surface area contributed by atoms with Crippen molar-refractivity contribution in [3.05, 3.63) is 308 Å². The van der Waals surface area contributed by atoms with Crippen molar-refractivity contribution in [3.8, 4) is 11.1 Å². The number of fused-ring (bicyclic) bond motifs is 4. The van der Waals surface area contributed by atoms with Gasteiger partial charge in [0.05, 0.1) is 8.16 Å². The van der Waals surface area contributed by atoms with Gasteiger partial charge in [0, 0.05) is 20.3 Å². The molecule has 0 fully saturated rings. The van der Waals surface area contributed by atoms with Crippen LogP contribution in [-0.2, 0) is 5.41 Å². The molecule has 1 nitrogen and oxygen atoms in total. The summed E-state index contributed by atoms with van der Waals surface area (Å²) in [5, 5.41) is 4.47. The zero-order valence-corrected chi connectivity index (χ0v) is 35.9. The van der Waals surface area contributed by atoms with Crippen molar-refractivity contribution >= 4 is 38.8 Å². The Labute approximate surface area is 385 Å². The van der Waals surface area contributed by atoms with Crippen LogP contribution in [0.5, 0.6) is 0 Å². The Morgan fingerprint density at radius 3 is 1.98 bits per heavy atom. The van der Waals surface area contributed by atoms with E-state index >= 15 is 0 Å². The van der Waals surface area contributed by atoms with E-state index < -0.39 is 18.2 Å². The second-order valence-corrected chi connectivity index (χ2v) is 15.5. The third-order valence-corrected chi connectivity index (χ3v) is 11.9. The lowest BCUT2D eigenvalue weighted by molar-refractivity contribution is 0.564. The van der Waals surface area contributed by atoms with E-state index in [1.165, 1.54) is 0 Å². The van der Waals surface area contributed by atoms with Crippen LogP contribution in [0.2, 0.25) is 0 Å². The summed E-state index contributed by atoms with van der Waals surface area (Å²) in [5.74, 6) is 0. The summed E-state index contributed by atoms with van der Waals surface area (Å²) in [5.41, 5.74) is 9.84. The van der Waals surface area contributed by atoms with Gasteiger partial charge in [0.1, 0.15) is 0 Å². The van der Waals surface area contributed by atoms with Crippen molar-refractivity contribution in [2.75, 3.05) is 0 Å². The first-order valence-electron chi connectivity index (χ1n) is 23.7. The fraction of sp³-hybridized carbons (Fsp3) is 0.0476. The summed E-state index contributed by atoms with van der Waals surface area (Å²) in [4.78, 5) is 1.81. The molecule has 3 unspecified atom stereocenters. The third-order valence-electron chi connectivity index (χ3n) is 11.9. The number of hydrogen-bond acceptors (Lipinski definition) is 1. The largest absolute Gasteiger partial charge is 0.321 e. The van der Waals surface area contributed by atoms with Gasteiger partial charge in [-0.25, -0.2) is 0 Å². The van der Waals surface area contributed by atoms with Gasteiger partial charge in [-0.2, -0.15) is 0 Å². The molecule has 0 aromatic heterocycles. The highest BCUT2D eigenvalue weighted by atomic mass is 15.1. The highest BCUT2D eigenvalue weighted by Gasteiger charge is 2.46. The van der Waals surface area contributed by atoms with E-state index in [0.717, 1.165) is 84.8 Å². The molecule has 0 saturated carbocycles. The summed E-state index contributed by atoms with van der Waals surface area (Å²) in [6.45, 7) is 19.2. The van der Waals surface area contributed by atoms with Gasteiger partial charge in [0.15, 0.2) is 0 Å². The van der Waals surface area contributed by atoms with Crippen LogP contribution < -0.4 is 0 Å². The fourth-order valence-corrected chi connectivity index (χ4v) is 8.96. The van der Waals surface area contributed by atoms with Gasteiger partial charge in [0.25, 0.3) is 0 Å². The van der Waals surface area contributed by atoms with Gasteiger partial charge in [-0.05, 0) is 120 Å². The first-order valence-corrected chi connectivity index (χ1v) is 21.4. The molecule has 0 heterocycles. The molecule has 0 N–H and O–H groups in total. The summed E-state index contributed by atoms with van der Waals surface area (Å²) < 4.78 is 37.1. The van der Waals surface area contributed by atoms with Crippen molar-refractivity contribution in [1.29, 1.82) is 0 Å². The first kappa shape index (κ1) is 37.7. The molecule has 0 radical (unpaired) electrons. The van der Waals surface area contributed by atoms with Crippen LogP contribution in [0.4, 0.5) is 0 Å². The fourth-order valence-electron chi connectivity index (χ4n) is 8.96. The molecule has 7 aromatic carbocycles. The van der Waals surface area contributed by atoms with E-state index in [1.807, 2.05) is 145 Å². The summed E-state index contributed by atoms with van der Waals surface area (Å²) in [6.07, 6.45) is 16.5. The van der Waals surface area contributed by atoms with E-state index in [-0.39, 0.29) is 5.70 Å². The van der Waals surface area contributed by atoms with Crippen molar-refractivity contribution in [2.45, 2.75) is 18.2 Å². The van der Waals surface area contributed by atoms with Crippen LogP contribution in [0.1, 0.15) is 46.1 Å². The Bertz CT molecular complexity index is 3240. The second kappa shape index (κ2) is 19.4. The Balaban J connectivity index is 1.30. The molecule has 0 amide bonds. The van der Waals surface area contributed by atoms with Gasteiger partial charge in [0.2, 0.25) is 0 Å². The number of rotatable bonds is 17. The lowest BCUT2D eigenvalue weighted by Gasteiger charge is -2.36. The molecule has 1 aliphatic carbocycles. The zero-order valence-electron chi connectivity index (χ0n) is 39.9. The second-order valence-electron chi connectivity index (χ2n) is 15.5. The van der Waals surface area contributed by atoms with Gasteiger partial charge >= 0.3 is 0 Å². The van der Waals surface area contributed by atoms with Crippen LogP contribution in [0.15, 0.2) is 281 Å². The standard InChI is InChI=1S/C63H53N/c1-7-23-53(9-3)63(54-28-15-12-16-29-54)61-34-22-21-33-60(61)56(10-4)62(63)43-44-64(47(6)36-35-46(5)48-37-39-50(40-38-48)49-25-13-11-14-26-49)55(24-8-2)42-41-52-45-51-27-17-18-30-57(51)59-32-20-19-31-58(52)59/h7-34,37-45H,1-6,35-36H2/b42-41+,44-43+,53-23+,55-24+/i5D,6D,35D,36D/b42-41+,44-43+,46-5?,47-6?,53-23+,55-24+. The minimum Gasteiger partial charge on any atom is -0.321 e. The molecule has 0 saturated heterocycles. The smallest absolute Gasteiger partial charge is 0.0713 e. The Kier molecular flexibility index (Phi) is 11.4. The van der Waals surface area contributed by atoms with Crippen molar-refractivity contribution in [1.82, 2.24) is 4.90 Å². The molecular formula is C63H53N. The van der Waals surface area contributed by atoms with Crippen molar-refractivity contribution < 1.29 is 5.48 Å². The van der Waals surface area contributed by atoms with Gasteiger partial charge < -0.3 is 4.90 Å². The van der Waals surface area contributed by atoms with Gasteiger partial charge in [-0.3, -0.25) is 0 Å². The van der Waals surface area contributed by atoms with E-state index in [1.54, 1.807) is 12.2 Å². The molecular weight excluding hydrogens is 771 g/mol. The quantitative estimate of drug-likeness (QED) is 0.0653. The minimum atomic E-state index is -1.32. The Hall–Kier alpha value is -8.00. The predicted molar refractivity (Wildman–Crippen MR) is 278 cm³/mol. The first-order chi connectivity index (χ1) is 33.3. The molecule has 1 aliphatic rings. The molecule has 8 rings (SSSR count). The Morgan fingerprint density at radius 1 is 0.625 bits per heavy atom. The number of allylic oxidation sites excluding steroid dienone is 13. The maximum absolute atomic E-state index is 9.87. The molecule has 3 atom stereocenters. The highest BCUT2D eigenvalue weighted by Crippen LogP contribution is 2.56. The predicted octanol–water partition coefficient (Wildman–Crippen LogP) is 16.8. The Morgan fingerprint density at radius 2 is 1.28 bits per heavy atom. The number of hydrogen-bond donors (Lipinski definition) is 0. The average Bonchev–Trinajstić information content (AvgIpc) is 3.68. The number of nitrogens with zero attached hydrogens (tertiary/aromatic N) is 1. The van der Waals surface area contributed by atoms with Crippen LogP contribution in [-0.4, -0.2) is 4.90 Å². The monoisotopic (exact) mass is 827 g/mol. The molecule has 1 heteroatoms. The summed E-state index contributed by atoms with van der Waals surface area (Å²) in [6, 6.07) is 55.3. The topological polar surface area (TPSA) is 3.24 Å². The SMILES string of the molecule is [2H]C=C(c1ccc(-c2ccccc2)cc1)C([2H])C([2H])C(=C[2H])N(/C=C/C1=C(C=C)c2ccccc2C1(/C(C=C)=C/C=C)c1ccccc1)C(/C=C/c1cc2ccccc2c2ccccc12)=C/C=C. The maximum atomic E-state index is 9.87. The lowest BCUT2D eigenvalue weighted by Crippen LogP contribution is -2.30. The zero-order chi connectivity index (χ0) is 47.6. The molecule has 64 heavy (non-hydrogen) atoms. The molecule has 0 bridgehead atoms. The number of benzene rings is 7. The van der Waals surface area contributed by atoms with Gasteiger partial charge in [-0.15, -0.1) is 0 Å². The normalized spacial score (nSPS) is 17.7. The van der Waals surface area contributed by atoms with E-state index in [9.17, 15) is 2.74 Å². The maximum Gasteiger partial charge on any atom is 0.0713 e. The molecule has 310 valence electrons. The summed E-state index contributed by atoms with van der Waals surface area (Å²) >= 11 is 0. The minimum absolute atomic E-state index is 0.217.